The topological polar surface area (TPSA) is 71.3 Å². The van der Waals surface area contributed by atoms with E-state index >= 15 is 0 Å². The molecule has 1 aliphatic heterocycles. The van der Waals surface area contributed by atoms with Crippen LogP contribution in [0.2, 0.25) is 0 Å². The number of anilines is 2. The summed E-state index contributed by atoms with van der Waals surface area (Å²) >= 11 is 0. The van der Waals surface area contributed by atoms with Crippen LogP contribution < -0.4 is 16.1 Å². The van der Waals surface area contributed by atoms with Gasteiger partial charge >= 0.3 is 0 Å². The van der Waals surface area contributed by atoms with E-state index in [1.165, 1.54) is 11.8 Å². The molecule has 5 nitrogen and oxygen atoms in total. The van der Waals surface area contributed by atoms with Crippen LogP contribution in [0.15, 0.2) is 63.1 Å². The largest absolute Gasteiger partial charge is 0.464 e. The smallest absolute Gasteiger partial charge is 0.198 e. The number of Topliss-reactive ketones (excluding diaryl/α,β-unsaturated/α-hetero) is 1. The summed E-state index contributed by atoms with van der Waals surface area (Å²) in [4.78, 5) is 26.8. The van der Waals surface area contributed by atoms with Gasteiger partial charge in [0.05, 0.1) is 28.4 Å². The van der Waals surface area contributed by atoms with Crippen LogP contribution in [0.3, 0.4) is 0 Å². The van der Waals surface area contributed by atoms with Crippen molar-refractivity contribution in [2.45, 2.75) is 46.6 Å². The molecule has 2 N–H and O–H groups in total. The van der Waals surface area contributed by atoms with Crippen molar-refractivity contribution in [3.63, 3.8) is 0 Å². The number of hydrogen-bond donors (Lipinski definition) is 2. The zero-order valence-electron chi connectivity index (χ0n) is 18.3. The van der Waals surface area contributed by atoms with E-state index in [1.807, 2.05) is 12.1 Å². The Kier molecular flexibility index (Phi) is 4.33. The Bertz CT molecular complexity index is 1330. The van der Waals surface area contributed by atoms with E-state index in [4.69, 9.17) is 4.42 Å². The second-order valence-electron chi connectivity index (χ2n) is 9.53. The van der Waals surface area contributed by atoms with E-state index in [9.17, 15) is 9.59 Å². The van der Waals surface area contributed by atoms with Crippen LogP contribution in [0, 0.1) is 19.3 Å². The van der Waals surface area contributed by atoms with Crippen molar-refractivity contribution in [2.75, 3.05) is 10.6 Å². The van der Waals surface area contributed by atoms with Crippen LogP contribution in [-0.2, 0) is 4.79 Å². The molecule has 0 radical (unpaired) electrons. The van der Waals surface area contributed by atoms with Crippen LogP contribution in [0.5, 0.6) is 0 Å². The van der Waals surface area contributed by atoms with Crippen LogP contribution in [-0.4, -0.2) is 5.78 Å². The van der Waals surface area contributed by atoms with Gasteiger partial charge in [-0.15, -0.1) is 0 Å². The fourth-order valence-corrected chi connectivity index (χ4v) is 4.74. The molecule has 0 spiro atoms. The van der Waals surface area contributed by atoms with Gasteiger partial charge in [0.15, 0.2) is 11.2 Å². The monoisotopic (exact) mass is 414 g/mol. The molecule has 2 aliphatic rings. The Morgan fingerprint density at radius 3 is 2.48 bits per heavy atom. The molecule has 0 saturated heterocycles. The predicted molar refractivity (Wildman–Crippen MR) is 123 cm³/mol. The minimum Gasteiger partial charge on any atom is -0.464 e. The van der Waals surface area contributed by atoms with Gasteiger partial charge in [-0.2, -0.15) is 0 Å². The SMILES string of the molecule is Cc1cc2c(cc1C)NC(c1coc3ccccc3c1=O)C1=C(CC(C)(C)CC1=O)N2. The Hall–Kier alpha value is -3.34. The summed E-state index contributed by atoms with van der Waals surface area (Å²) < 4.78 is 5.81. The number of fused-ring (bicyclic) bond motifs is 2. The molecule has 2 heterocycles. The van der Waals surface area contributed by atoms with Gasteiger partial charge in [-0.3, -0.25) is 9.59 Å². The highest BCUT2D eigenvalue weighted by molar-refractivity contribution is 6.01. The number of carbonyl (C=O) groups excluding carboxylic acids is 1. The molecule has 2 aromatic carbocycles. The third-order valence-corrected chi connectivity index (χ3v) is 6.45. The fourth-order valence-electron chi connectivity index (χ4n) is 4.74. The zero-order chi connectivity index (χ0) is 21.9. The van der Waals surface area contributed by atoms with E-state index < -0.39 is 6.04 Å². The van der Waals surface area contributed by atoms with Gasteiger partial charge in [-0.25, -0.2) is 0 Å². The molecule has 0 amide bonds. The predicted octanol–water partition coefficient (Wildman–Crippen LogP) is 5.63. The van der Waals surface area contributed by atoms with Gasteiger partial charge in [0.2, 0.25) is 0 Å². The average molecular weight is 415 g/mol. The number of nitrogens with one attached hydrogen (secondary N) is 2. The van der Waals surface area contributed by atoms with Crippen molar-refractivity contribution in [2.24, 2.45) is 5.41 Å². The summed E-state index contributed by atoms with van der Waals surface area (Å²) in [5.41, 5.74) is 6.36. The van der Waals surface area contributed by atoms with Crippen molar-refractivity contribution in [1.29, 1.82) is 0 Å². The molecule has 5 heteroatoms. The second kappa shape index (κ2) is 6.84. The summed E-state index contributed by atoms with van der Waals surface area (Å²) in [5.74, 6) is 0.0602. The molecular formula is C26H26N2O3. The molecule has 31 heavy (non-hydrogen) atoms. The first-order chi connectivity index (χ1) is 14.7. The van der Waals surface area contributed by atoms with E-state index in [-0.39, 0.29) is 16.6 Å². The van der Waals surface area contributed by atoms with E-state index in [2.05, 4.69) is 50.5 Å². The third-order valence-electron chi connectivity index (χ3n) is 6.45. The molecule has 0 fully saturated rings. The number of rotatable bonds is 1. The molecule has 0 bridgehead atoms. The molecule has 1 aliphatic carbocycles. The summed E-state index contributed by atoms with van der Waals surface area (Å²) in [7, 11) is 0. The van der Waals surface area contributed by atoms with E-state index in [0.29, 0.717) is 28.5 Å². The number of para-hydroxylation sites is 1. The van der Waals surface area contributed by atoms with Gasteiger partial charge in [0, 0.05) is 17.7 Å². The summed E-state index contributed by atoms with van der Waals surface area (Å²) in [5, 5.41) is 7.56. The van der Waals surface area contributed by atoms with E-state index in [0.717, 1.165) is 29.1 Å². The molecular weight excluding hydrogens is 388 g/mol. The third kappa shape index (κ3) is 3.25. The van der Waals surface area contributed by atoms with Crippen molar-refractivity contribution in [1.82, 2.24) is 0 Å². The van der Waals surface area contributed by atoms with Crippen LogP contribution in [0.4, 0.5) is 11.4 Å². The minimum absolute atomic E-state index is 0.0602. The Labute approximate surface area is 181 Å². The maximum absolute atomic E-state index is 13.4. The minimum atomic E-state index is -0.574. The lowest BCUT2D eigenvalue weighted by Gasteiger charge is -2.33. The number of aryl methyl sites for hydroxylation is 2. The molecule has 1 aromatic heterocycles. The first kappa shape index (κ1) is 19.6. The number of allylic oxidation sites excluding steroid dienone is 1. The second-order valence-corrected chi connectivity index (χ2v) is 9.53. The first-order valence-corrected chi connectivity index (χ1v) is 10.6. The number of ketones is 1. The van der Waals surface area contributed by atoms with Gasteiger partial charge in [-0.05, 0) is 61.1 Å². The Balaban J connectivity index is 1.76. The summed E-state index contributed by atoms with van der Waals surface area (Å²) in [6.07, 6.45) is 2.68. The molecule has 0 saturated carbocycles. The Morgan fingerprint density at radius 2 is 1.71 bits per heavy atom. The normalized spacial score (nSPS) is 19.9. The van der Waals surface area contributed by atoms with Crippen LogP contribution in [0.25, 0.3) is 11.0 Å². The number of carbonyl (C=O) groups is 1. The average Bonchev–Trinajstić information content (AvgIpc) is 2.84. The number of benzene rings is 2. The highest BCUT2D eigenvalue weighted by Gasteiger charge is 2.39. The lowest BCUT2D eigenvalue weighted by molar-refractivity contribution is -0.118. The van der Waals surface area contributed by atoms with Crippen molar-refractivity contribution >= 4 is 28.1 Å². The van der Waals surface area contributed by atoms with Crippen molar-refractivity contribution < 1.29 is 9.21 Å². The van der Waals surface area contributed by atoms with Crippen LogP contribution in [0.1, 0.15) is 49.4 Å². The Morgan fingerprint density at radius 1 is 1.00 bits per heavy atom. The lowest BCUT2D eigenvalue weighted by Crippen LogP contribution is -2.33. The first-order valence-electron chi connectivity index (χ1n) is 10.6. The van der Waals surface area contributed by atoms with Gasteiger partial charge in [0.1, 0.15) is 11.8 Å². The zero-order valence-corrected chi connectivity index (χ0v) is 18.3. The lowest BCUT2D eigenvalue weighted by atomic mass is 9.73. The quantitative estimate of drug-likeness (QED) is 0.540. The highest BCUT2D eigenvalue weighted by atomic mass is 16.3. The van der Waals surface area contributed by atoms with Crippen molar-refractivity contribution in [3.8, 4) is 0 Å². The molecule has 158 valence electrons. The van der Waals surface area contributed by atoms with Gasteiger partial charge in [-0.1, -0.05) is 26.0 Å². The standard InChI is InChI=1S/C26H26N2O3/c1-14-9-18-19(10-15(14)2)28-24(23-20(27-18)11-26(3,4)12-21(23)29)17-13-31-22-8-6-5-7-16(22)25(17)30/h5-10,13,24,27-28H,11-12H2,1-4H3. The summed E-state index contributed by atoms with van der Waals surface area (Å²) in [6, 6.07) is 10.8. The molecule has 3 aromatic rings. The molecule has 1 unspecified atom stereocenters. The van der Waals surface area contributed by atoms with Gasteiger partial charge in [0.25, 0.3) is 0 Å². The summed E-state index contributed by atoms with van der Waals surface area (Å²) in [6.45, 7) is 8.34. The molecule has 5 rings (SSSR count). The maximum atomic E-state index is 13.4. The molecule has 1 atom stereocenters. The van der Waals surface area contributed by atoms with Crippen molar-refractivity contribution in [3.05, 3.63) is 80.8 Å². The van der Waals surface area contributed by atoms with Crippen LogP contribution >= 0.6 is 0 Å². The van der Waals surface area contributed by atoms with E-state index in [1.54, 1.807) is 12.1 Å². The highest BCUT2D eigenvalue weighted by Crippen LogP contribution is 2.45. The number of hydrogen-bond acceptors (Lipinski definition) is 5. The fraction of sp³-hybridized carbons (Fsp3) is 0.308. The maximum Gasteiger partial charge on any atom is 0.198 e. The van der Waals surface area contributed by atoms with Gasteiger partial charge < -0.3 is 15.1 Å².